The second-order valence-corrected chi connectivity index (χ2v) is 6.58. The average Bonchev–Trinajstić information content (AvgIpc) is 2.95. The fraction of sp³-hybridized carbons (Fsp3) is 0.364. The number of hydrogen-bond acceptors (Lipinski definition) is 5. The summed E-state index contributed by atoms with van der Waals surface area (Å²) in [7, 11) is 0. The van der Waals surface area contributed by atoms with Crippen LogP contribution in [0.15, 0.2) is 22.2 Å². The van der Waals surface area contributed by atoms with Gasteiger partial charge in [-0.15, -0.1) is 11.3 Å². The predicted octanol–water partition coefficient (Wildman–Crippen LogP) is 3.45. The van der Waals surface area contributed by atoms with Gasteiger partial charge < -0.3 is 5.73 Å². The van der Waals surface area contributed by atoms with E-state index in [1.54, 1.807) is 22.7 Å². The molecule has 2 heterocycles. The first-order valence-electron chi connectivity index (χ1n) is 5.08. The summed E-state index contributed by atoms with van der Waals surface area (Å²) in [5, 5.41) is 7.99. The molecule has 1 unspecified atom stereocenters. The first kappa shape index (κ1) is 12.1. The molecule has 86 valence electrons. The summed E-state index contributed by atoms with van der Waals surface area (Å²) in [5.41, 5.74) is 7.98. The first-order chi connectivity index (χ1) is 7.79. The topological polar surface area (TPSA) is 38.9 Å². The van der Waals surface area contributed by atoms with Crippen LogP contribution in [0, 0.1) is 0 Å². The average molecular weight is 270 g/mol. The molecule has 16 heavy (non-hydrogen) atoms. The minimum Gasteiger partial charge on any atom is -0.329 e. The third-order valence-corrected chi connectivity index (χ3v) is 5.01. The van der Waals surface area contributed by atoms with E-state index in [-0.39, 0.29) is 0 Å². The van der Waals surface area contributed by atoms with Gasteiger partial charge in [-0.2, -0.15) is 23.1 Å². The number of hydrogen-bond donors (Lipinski definition) is 1. The first-order valence-corrected chi connectivity index (χ1v) is 7.95. The zero-order valence-electron chi connectivity index (χ0n) is 9.05. The van der Waals surface area contributed by atoms with Crippen molar-refractivity contribution in [1.29, 1.82) is 0 Å². The number of nitrogens with two attached hydrogens (primary N) is 1. The molecule has 0 fully saturated rings. The SMILES string of the molecule is CC(CN)SCc1csc(-c2ccsc2)n1. The molecule has 0 aliphatic heterocycles. The van der Waals surface area contributed by atoms with Crippen molar-refractivity contribution in [3.8, 4) is 10.6 Å². The van der Waals surface area contributed by atoms with Crippen LogP contribution < -0.4 is 5.73 Å². The molecule has 0 amide bonds. The van der Waals surface area contributed by atoms with E-state index in [2.05, 4.69) is 34.1 Å². The minimum absolute atomic E-state index is 0.506. The van der Waals surface area contributed by atoms with E-state index in [0.717, 1.165) is 23.0 Å². The van der Waals surface area contributed by atoms with Gasteiger partial charge in [0.15, 0.2) is 0 Å². The number of thiophene rings is 1. The smallest absolute Gasteiger partial charge is 0.124 e. The highest BCUT2D eigenvalue weighted by Gasteiger charge is 2.06. The molecule has 2 aromatic rings. The Morgan fingerprint density at radius 2 is 2.38 bits per heavy atom. The summed E-state index contributed by atoms with van der Waals surface area (Å²) in [6, 6.07) is 2.11. The molecule has 2 aromatic heterocycles. The number of nitrogens with zero attached hydrogens (tertiary/aromatic N) is 1. The van der Waals surface area contributed by atoms with Gasteiger partial charge in [0.25, 0.3) is 0 Å². The van der Waals surface area contributed by atoms with E-state index in [1.165, 1.54) is 5.56 Å². The van der Waals surface area contributed by atoms with Gasteiger partial charge in [0.1, 0.15) is 5.01 Å². The molecule has 2 nitrogen and oxygen atoms in total. The molecule has 0 bridgehead atoms. The third-order valence-electron chi connectivity index (χ3n) is 2.17. The lowest BCUT2D eigenvalue weighted by Crippen LogP contribution is -2.12. The summed E-state index contributed by atoms with van der Waals surface area (Å²) < 4.78 is 0. The van der Waals surface area contributed by atoms with Gasteiger partial charge >= 0.3 is 0 Å². The van der Waals surface area contributed by atoms with Crippen molar-refractivity contribution in [1.82, 2.24) is 4.98 Å². The van der Waals surface area contributed by atoms with Crippen molar-refractivity contribution in [2.75, 3.05) is 6.54 Å². The molecule has 0 spiro atoms. The Hall–Kier alpha value is -0.360. The van der Waals surface area contributed by atoms with Crippen molar-refractivity contribution in [3.63, 3.8) is 0 Å². The minimum atomic E-state index is 0.506. The lowest BCUT2D eigenvalue weighted by atomic mass is 10.4. The van der Waals surface area contributed by atoms with E-state index >= 15 is 0 Å². The fourth-order valence-electron chi connectivity index (χ4n) is 1.19. The molecule has 5 heteroatoms. The molecular weight excluding hydrogens is 256 g/mol. The molecule has 0 aromatic carbocycles. The van der Waals surface area contributed by atoms with Crippen molar-refractivity contribution in [3.05, 3.63) is 27.9 Å². The van der Waals surface area contributed by atoms with Crippen LogP contribution in [0.25, 0.3) is 10.6 Å². The monoisotopic (exact) mass is 270 g/mol. The molecular formula is C11H14N2S3. The van der Waals surface area contributed by atoms with Gasteiger partial charge in [-0.25, -0.2) is 4.98 Å². The summed E-state index contributed by atoms with van der Waals surface area (Å²) >= 11 is 5.29. The van der Waals surface area contributed by atoms with Crippen LogP contribution in [-0.2, 0) is 5.75 Å². The van der Waals surface area contributed by atoms with E-state index < -0.39 is 0 Å². The normalized spacial score (nSPS) is 12.9. The zero-order valence-corrected chi connectivity index (χ0v) is 11.5. The second-order valence-electron chi connectivity index (χ2n) is 3.51. The summed E-state index contributed by atoms with van der Waals surface area (Å²) in [6.45, 7) is 2.88. The molecule has 1 atom stereocenters. The Morgan fingerprint density at radius 1 is 1.50 bits per heavy atom. The molecule has 0 saturated heterocycles. The largest absolute Gasteiger partial charge is 0.329 e. The number of thiazole rings is 1. The number of rotatable bonds is 5. The van der Waals surface area contributed by atoms with E-state index in [4.69, 9.17) is 5.73 Å². The standard InChI is InChI=1S/C11H14N2S3/c1-8(4-12)15-6-10-7-16-11(13-10)9-2-3-14-5-9/h2-3,5,7-8H,4,6,12H2,1H3. The Balaban J connectivity index is 1.98. The van der Waals surface area contributed by atoms with Crippen molar-refractivity contribution >= 4 is 34.4 Å². The number of aromatic nitrogens is 1. The highest BCUT2D eigenvalue weighted by atomic mass is 32.2. The maximum absolute atomic E-state index is 5.58. The molecule has 0 saturated carbocycles. The maximum Gasteiger partial charge on any atom is 0.124 e. The summed E-state index contributed by atoms with van der Waals surface area (Å²) in [5.74, 6) is 0.957. The highest BCUT2D eigenvalue weighted by molar-refractivity contribution is 7.99. The summed E-state index contributed by atoms with van der Waals surface area (Å²) in [4.78, 5) is 4.62. The molecule has 0 aliphatic carbocycles. The van der Waals surface area contributed by atoms with Gasteiger partial charge in [0.2, 0.25) is 0 Å². The Bertz CT molecular complexity index is 422. The van der Waals surface area contributed by atoms with Crippen LogP contribution in [-0.4, -0.2) is 16.8 Å². The van der Waals surface area contributed by atoms with Gasteiger partial charge in [-0.1, -0.05) is 6.92 Å². The molecule has 2 rings (SSSR count). The van der Waals surface area contributed by atoms with Gasteiger partial charge in [0.05, 0.1) is 5.69 Å². The van der Waals surface area contributed by atoms with Gasteiger partial charge in [0, 0.05) is 33.9 Å². The van der Waals surface area contributed by atoms with Crippen molar-refractivity contribution < 1.29 is 0 Å². The quantitative estimate of drug-likeness (QED) is 0.904. The fourth-order valence-corrected chi connectivity index (χ4v) is 3.56. The predicted molar refractivity (Wildman–Crippen MR) is 75.2 cm³/mol. The van der Waals surface area contributed by atoms with Gasteiger partial charge in [-0.05, 0) is 11.4 Å². The second kappa shape index (κ2) is 5.82. The van der Waals surface area contributed by atoms with Crippen LogP contribution in [0.4, 0.5) is 0 Å². The third kappa shape index (κ3) is 3.07. The van der Waals surface area contributed by atoms with Crippen LogP contribution in [0.1, 0.15) is 12.6 Å². The maximum atomic E-state index is 5.58. The Morgan fingerprint density at radius 3 is 3.06 bits per heavy atom. The number of thioether (sulfide) groups is 1. The van der Waals surface area contributed by atoms with Gasteiger partial charge in [-0.3, -0.25) is 0 Å². The lowest BCUT2D eigenvalue weighted by molar-refractivity contribution is 0.949. The van der Waals surface area contributed by atoms with E-state index in [9.17, 15) is 0 Å². The zero-order chi connectivity index (χ0) is 11.4. The van der Waals surface area contributed by atoms with Crippen LogP contribution >= 0.6 is 34.4 Å². The van der Waals surface area contributed by atoms with Crippen molar-refractivity contribution in [2.45, 2.75) is 17.9 Å². The molecule has 0 radical (unpaired) electrons. The van der Waals surface area contributed by atoms with Crippen LogP contribution in [0.2, 0.25) is 0 Å². The van der Waals surface area contributed by atoms with E-state index in [1.807, 2.05) is 11.8 Å². The Labute approximate surface area is 108 Å². The molecule has 0 aliphatic rings. The highest BCUT2D eigenvalue weighted by Crippen LogP contribution is 2.27. The van der Waals surface area contributed by atoms with Crippen molar-refractivity contribution in [2.24, 2.45) is 5.73 Å². The molecule has 2 N–H and O–H groups in total. The lowest BCUT2D eigenvalue weighted by Gasteiger charge is -2.05. The van der Waals surface area contributed by atoms with Crippen LogP contribution in [0.3, 0.4) is 0 Å². The summed E-state index contributed by atoms with van der Waals surface area (Å²) in [6.07, 6.45) is 0. The van der Waals surface area contributed by atoms with E-state index in [0.29, 0.717) is 5.25 Å². The van der Waals surface area contributed by atoms with Crippen LogP contribution in [0.5, 0.6) is 0 Å². The Kier molecular flexibility index (Phi) is 4.40.